The SMILES string of the molecule is C[C@H](c1nc2ccccc2s1)N(C)C(=O)CCNC(=O)c1ccc([N+](=O)[O-])cc1. The highest BCUT2D eigenvalue weighted by Crippen LogP contribution is 2.28. The summed E-state index contributed by atoms with van der Waals surface area (Å²) in [4.78, 5) is 41.0. The van der Waals surface area contributed by atoms with Gasteiger partial charge in [0.25, 0.3) is 11.6 Å². The molecule has 0 aliphatic heterocycles. The van der Waals surface area contributed by atoms with Gasteiger partial charge in [0.05, 0.1) is 21.2 Å². The number of nitro groups is 1. The fraction of sp³-hybridized carbons (Fsp3) is 0.250. The van der Waals surface area contributed by atoms with Gasteiger partial charge in [-0.3, -0.25) is 19.7 Å². The fourth-order valence-corrected chi connectivity index (χ4v) is 3.81. The van der Waals surface area contributed by atoms with Gasteiger partial charge in [-0.1, -0.05) is 12.1 Å². The van der Waals surface area contributed by atoms with Crippen molar-refractivity contribution in [2.45, 2.75) is 19.4 Å². The third-order valence-corrected chi connectivity index (χ3v) is 5.81. The maximum atomic E-state index is 12.5. The van der Waals surface area contributed by atoms with E-state index in [0.29, 0.717) is 5.56 Å². The van der Waals surface area contributed by atoms with E-state index in [2.05, 4.69) is 10.3 Å². The molecule has 0 radical (unpaired) electrons. The average molecular weight is 412 g/mol. The number of para-hydroxylation sites is 1. The summed E-state index contributed by atoms with van der Waals surface area (Å²) in [6.45, 7) is 2.09. The van der Waals surface area contributed by atoms with Crippen molar-refractivity contribution in [3.05, 3.63) is 69.2 Å². The molecule has 2 aromatic carbocycles. The Morgan fingerprint density at radius 3 is 2.55 bits per heavy atom. The van der Waals surface area contributed by atoms with Crippen LogP contribution in [0.4, 0.5) is 5.69 Å². The summed E-state index contributed by atoms with van der Waals surface area (Å²) in [5, 5.41) is 14.2. The quantitative estimate of drug-likeness (QED) is 0.472. The van der Waals surface area contributed by atoms with E-state index in [4.69, 9.17) is 0 Å². The van der Waals surface area contributed by atoms with Crippen LogP contribution in [0.3, 0.4) is 0 Å². The van der Waals surface area contributed by atoms with Crippen LogP contribution in [-0.4, -0.2) is 40.2 Å². The van der Waals surface area contributed by atoms with Gasteiger partial charge in [0.2, 0.25) is 5.91 Å². The lowest BCUT2D eigenvalue weighted by molar-refractivity contribution is -0.384. The predicted octanol–water partition coefficient (Wildman–Crippen LogP) is 3.54. The number of benzene rings is 2. The molecular formula is C20H20N4O4S. The Balaban J connectivity index is 1.52. The number of hydrogen-bond donors (Lipinski definition) is 1. The topological polar surface area (TPSA) is 105 Å². The van der Waals surface area contributed by atoms with Gasteiger partial charge in [-0.25, -0.2) is 4.98 Å². The van der Waals surface area contributed by atoms with Crippen LogP contribution in [0.1, 0.15) is 34.8 Å². The van der Waals surface area contributed by atoms with E-state index >= 15 is 0 Å². The van der Waals surface area contributed by atoms with E-state index in [0.717, 1.165) is 15.2 Å². The molecular weight excluding hydrogens is 392 g/mol. The third kappa shape index (κ3) is 4.75. The molecule has 150 valence electrons. The van der Waals surface area contributed by atoms with Crippen molar-refractivity contribution in [2.75, 3.05) is 13.6 Å². The maximum absolute atomic E-state index is 12.5. The van der Waals surface area contributed by atoms with Crippen LogP contribution in [-0.2, 0) is 4.79 Å². The van der Waals surface area contributed by atoms with Gasteiger partial charge in [0.15, 0.2) is 0 Å². The smallest absolute Gasteiger partial charge is 0.269 e. The Kier molecular flexibility index (Phi) is 6.18. The van der Waals surface area contributed by atoms with Gasteiger partial charge >= 0.3 is 0 Å². The Bertz CT molecular complexity index is 1020. The third-order valence-electron chi connectivity index (χ3n) is 4.61. The molecule has 29 heavy (non-hydrogen) atoms. The summed E-state index contributed by atoms with van der Waals surface area (Å²) in [6.07, 6.45) is 0.143. The number of thiazole rings is 1. The van der Waals surface area contributed by atoms with Gasteiger partial charge < -0.3 is 10.2 Å². The van der Waals surface area contributed by atoms with Crippen molar-refractivity contribution in [3.8, 4) is 0 Å². The maximum Gasteiger partial charge on any atom is 0.269 e. The van der Waals surface area contributed by atoms with Crippen LogP contribution < -0.4 is 5.32 Å². The monoisotopic (exact) mass is 412 g/mol. The molecule has 0 aliphatic rings. The molecule has 1 heterocycles. The zero-order chi connectivity index (χ0) is 21.0. The lowest BCUT2D eigenvalue weighted by atomic mass is 10.2. The van der Waals surface area contributed by atoms with Crippen molar-refractivity contribution in [1.29, 1.82) is 0 Å². The Morgan fingerprint density at radius 1 is 1.21 bits per heavy atom. The van der Waals surface area contributed by atoms with Crippen LogP contribution in [0.25, 0.3) is 10.2 Å². The second-order valence-electron chi connectivity index (χ2n) is 6.51. The number of carbonyl (C=O) groups excluding carboxylic acids is 2. The normalized spacial score (nSPS) is 11.8. The molecule has 0 fully saturated rings. The van der Waals surface area contributed by atoms with Crippen molar-refractivity contribution in [3.63, 3.8) is 0 Å². The van der Waals surface area contributed by atoms with Gasteiger partial charge in [-0.15, -0.1) is 11.3 Å². The minimum Gasteiger partial charge on any atom is -0.352 e. The number of hydrogen-bond acceptors (Lipinski definition) is 6. The van der Waals surface area contributed by atoms with E-state index < -0.39 is 4.92 Å². The van der Waals surface area contributed by atoms with E-state index in [1.807, 2.05) is 31.2 Å². The lowest BCUT2D eigenvalue weighted by Gasteiger charge is -2.23. The number of carbonyl (C=O) groups is 2. The van der Waals surface area contributed by atoms with Crippen molar-refractivity contribution in [1.82, 2.24) is 15.2 Å². The highest BCUT2D eigenvalue weighted by atomic mass is 32.1. The molecule has 0 aliphatic carbocycles. The number of amides is 2. The van der Waals surface area contributed by atoms with Gasteiger partial charge in [-0.2, -0.15) is 0 Å². The summed E-state index contributed by atoms with van der Waals surface area (Å²) in [5.41, 5.74) is 1.14. The molecule has 9 heteroatoms. The van der Waals surface area contributed by atoms with E-state index in [-0.39, 0.29) is 36.5 Å². The average Bonchev–Trinajstić information content (AvgIpc) is 3.16. The summed E-state index contributed by atoms with van der Waals surface area (Å²) in [7, 11) is 1.72. The molecule has 0 unspecified atom stereocenters. The standard InChI is InChI=1S/C20H20N4O4S/c1-13(20-22-16-5-3-4-6-17(16)29-20)23(2)18(25)11-12-21-19(26)14-7-9-15(10-8-14)24(27)28/h3-10,13H,11-12H2,1-2H3,(H,21,26)/t13-/m1/s1. The van der Waals surface area contributed by atoms with Crippen molar-refractivity contribution >= 4 is 39.1 Å². The summed E-state index contributed by atoms with van der Waals surface area (Å²) in [6, 6.07) is 13.0. The van der Waals surface area contributed by atoms with Crippen LogP contribution >= 0.6 is 11.3 Å². The summed E-state index contributed by atoms with van der Waals surface area (Å²) < 4.78 is 1.07. The van der Waals surface area contributed by atoms with Crippen LogP contribution in [0, 0.1) is 10.1 Å². The first-order chi connectivity index (χ1) is 13.9. The molecule has 0 spiro atoms. The molecule has 1 N–H and O–H groups in total. The predicted molar refractivity (Wildman–Crippen MR) is 111 cm³/mol. The van der Waals surface area contributed by atoms with E-state index in [1.54, 1.807) is 23.3 Å². The number of nitrogens with zero attached hydrogens (tertiary/aromatic N) is 3. The zero-order valence-corrected chi connectivity index (χ0v) is 16.8. The minimum absolute atomic E-state index is 0.0813. The second kappa shape index (κ2) is 8.78. The highest BCUT2D eigenvalue weighted by Gasteiger charge is 2.20. The Hall–Kier alpha value is -3.33. The number of rotatable bonds is 7. The number of nitro benzene ring substituents is 1. The molecule has 0 saturated heterocycles. The minimum atomic E-state index is -0.525. The van der Waals surface area contributed by atoms with E-state index in [9.17, 15) is 19.7 Å². The zero-order valence-electron chi connectivity index (χ0n) is 16.0. The molecule has 2 amide bonds. The summed E-state index contributed by atoms with van der Waals surface area (Å²) >= 11 is 1.56. The number of aromatic nitrogens is 1. The molecule has 1 aromatic heterocycles. The fourth-order valence-electron chi connectivity index (χ4n) is 2.75. The first-order valence-electron chi connectivity index (χ1n) is 9.00. The number of non-ortho nitro benzene ring substituents is 1. The van der Waals surface area contributed by atoms with Gasteiger partial charge in [0, 0.05) is 37.7 Å². The van der Waals surface area contributed by atoms with Crippen molar-refractivity contribution in [2.24, 2.45) is 0 Å². The van der Waals surface area contributed by atoms with Gasteiger partial charge in [-0.05, 0) is 31.2 Å². The molecule has 3 aromatic rings. The van der Waals surface area contributed by atoms with Crippen molar-refractivity contribution < 1.29 is 14.5 Å². The van der Waals surface area contributed by atoms with Crippen LogP contribution in [0.2, 0.25) is 0 Å². The lowest BCUT2D eigenvalue weighted by Crippen LogP contribution is -2.33. The second-order valence-corrected chi connectivity index (χ2v) is 7.57. The number of nitrogens with one attached hydrogen (secondary N) is 1. The van der Waals surface area contributed by atoms with Crippen LogP contribution in [0.5, 0.6) is 0 Å². The largest absolute Gasteiger partial charge is 0.352 e. The van der Waals surface area contributed by atoms with Crippen LogP contribution in [0.15, 0.2) is 48.5 Å². The molecule has 0 saturated carbocycles. The first kappa shape index (κ1) is 20.4. The molecule has 0 bridgehead atoms. The Morgan fingerprint density at radius 2 is 1.90 bits per heavy atom. The highest BCUT2D eigenvalue weighted by molar-refractivity contribution is 7.18. The first-order valence-corrected chi connectivity index (χ1v) is 9.82. The number of fused-ring (bicyclic) bond motifs is 1. The van der Waals surface area contributed by atoms with Gasteiger partial charge in [0.1, 0.15) is 5.01 Å². The Labute approximate surface area is 171 Å². The molecule has 1 atom stereocenters. The summed E-state index contributed by atoms with van der Waals surface area (Å²) in [5.74, 6) is -0.490. The molecule has 8 nitrogen and oxygen atoms in total. The molecule has 3 rings (SSSR count). The van der Waals surface area contributed by atoms with E-state index in [1.165, 1.54) is 24.3 Å².